The van der Waals surface area contributed by atoms with E-state index in [2.05, 4.69) is 29.9 Å². The Hall–Kier alpha value is -3.60. The Labute approximate surface area is 248 Å². The molecule has 25 heteroatoms. The Bertz CT molecular complexity index is 2010. The zero-order valence-electron chi connectivity index (χ0n) is 22.5. The fourth-order valence-electron chi connectivity index (χ4n) is 5.35. The highest BCUT2D eigenvalue weighted by Gasteiger charge is 2.52. The lowest BCUT2D eigenvalue weighted by molar-refractivity contribution is -0.0662. The number of aliphatic hydroxyl groups excluding tert-OH is 1. The molecule has 0 saturated carbocycles. The number of hydrogen-bond donors (Lipinski definition) is 7. The monoisotopic (exact) mass is 674 g/mol. The van der Waals surface area contributed by atoms with Crippen LogP contribution in [0.5, 0.6) is 0 Å². The third-order valence-corrected chi connectivity index (χ3v) is 9.30. The lowest BCUT2D eigenvalue weighted by Crippen LogP contribution is -2.37. The maximum atomic E-state index is 13.1. The molecule has 7 rings (SSSR count). The zero-order chi connectivity index (χ0) is 31.8. The molecule has 23 nitrogen and oxygen atoms in total. The van der Waals surface area contributed by atoms with Crippen LogP contribution >= 0.6 is 15.6 Å². The predicted molar refractivity (Wildman–Crippen MR) is 145 cm³/mol. The molecule has 0 aliphatic carbocycles. The van der Waals surface area contributed by atoms with E-state index in [1.165, 1.54) is 10.9 Å². The topological polar surface area (TPSA) is 329 Å². The average molecular weight is 674 g/mol. The number of aromatic amines is 2. The molecule has 7 heterocycles. The van der Waals surface area contributed by atoms with Gasteiger partial charge in [0.2, 0.25) is 11.9 Å². The van der Waals surface area contributed by atoms with Crippen molar-refractivity contribution in [1.82, 2.24) is 39.0 Å². The lowest BCUT2D eigenvalue weighted by atomic mass is 10.1. The summed E-state index contributed by atoms with van der Waals surface area (Å²) in [7, 11) is -9.90. The van der Waals surface area contributed by atoms with E-state index >= 15 is 0 Å². The number of ether oxygens (including phenoxy) is 2. The molecule has 3 fully saturated rings. The number of nitrogens with one attached hydrogen (secondary N) is 2. The van der Waals surface area contributed by atoms with Gasteiger partial charge in [0, 0.05) is 6.42 Å². The molecule has 3 aliphatic rings. The van der Waals surface area contributed by atoms with Crippen LogP contribution in [0.4, 0.5) is 11.9 Å². The van der Waals surface area contributed by atoms with Crippen molar-refractivity contribution in [2.75, 3.05) is 24.7 Å². The smallest absolute Gasteiger partial charge is 0.386 e. The van der Waals surface area contributed by atoms with Crippen LogP contribution in [-0.2, 0) is 36.7 Å². The van der Waals surface area contributed by atoms with Crippen molar-refractivity contribution in [3.8, 4) is 0 Å². The summed E-state index contributed by atoms with van der Waals surface area (Å²) in [5, 5.41) is 11.1. The number of anilines is 2. The second kappa shape index (κ2) is 10.7. The van der Waals surface area contributed by atoms with E-state index < -0.39 is 83.0 Å². The van der Waals surface area contributed by atoms with E-state index in [-0.39, 0.29) is 40.6 Å². The van der Waals surface area contributed by atoms with Gasteiger partial charge in [-0.25, -0.2) is 19.1 Å². The van der Waals surface area contributed by atoms with Gasteiger partial charge in [-0.2, -0.15) is 9.97 Å². The fraction of sp³-hybridized carbons (Fsp3) is 0.500. The molecule has 4 aromatic rings. The van der Waals surface area contributed by atoms with Crippen molar-refractivity contribution in [3.63, 3.8) is 0 Å². The Morgan fingerprint density at radius 2 is 1.38 bits per heavy atom. The van der Waals surface area contributed by atoms with Crippen LogP contribution in [0.3, 0.4) is 0 Å². The summed E-state index contributed by atoms with van der Waals surface area (Å²) < 4.78 is 61.2. The molecule has 3 saturated heterocycles. The summed E-state index contributed by atoms with van der Waals surface area (Å²) >= 11 is 0. The summed E-state index contributed by atoms with van der Waals surface area (Å²) in [4.78, 5) is 66.2. The van der Waals surface area contributed by atoms with Crippen LogP contribution < -0.4 is 22.6 Å². The largest absolute Gasteiger partial charge is 0.472 e. The van der Waals surface area contributed by atoms with Crippen molar-refractivity contribution in [1.29, 1.82) is 0 Å². The van der Waals surface area contributed by atoms with Crippen LogP contribution in [0.1, 0.15) is 18.9 Å². The lowest BCUT2D eigenvalue weighted by Gasteiger charge is -2.27. The van der Waals surface area contributed by atoms with Gasteiger partial charge in [-0.05, 0) is 0 Å². The number of phosphoric ester groups is 2. The number of rotatable bonds is 2. The molecule has 3 unspecified atom stereocenters. The average Bonchev–Trinajstić information content (AvgIpc) is 3.71. The predicted octanol–water partition coefficient (Wildman–Crippen LogP) is -2.02. The van der Waals surface area contributed by atoms with E-state index in [9.17, 15) is 33.6 Å². The van der Waals surface area contributed by atoms with Crippen molar-refractivity contribution in [2.45, 2.75) is 49.4 Å². The number of fused-ring (bicyclic) bond motifs is 4. The second-order valence-corrected chi connectivity index (χ2v) is 13.0. The van der Waals surface area contributed by atoms with E-state index in [1.54, 1.807) is 0 Å². The normalized spacial score (nSPS) is 36.0. The van der Waals surface area contributed by atoms with E-state index in [0.717, 1.165) is 10.9 Å². The molecule has 4 aromatic heterocycles. The van der Waals surface area contributed by atoms with E-state index in [1.807, 2.05) is 0 Å². The number of aliphatic hydroxyl groups is 1. The quantitative estimate of drug-likeness (QED) is 0.113. The summed E-state index contributed by atoms with van der Waals surface area (Å²) in [6.07, 6.45) is -7.63. The van der Waals surface area contributed by atoms with Gasteiger partial charge in [-0.1, -0.05) is 0 Å². The van der Waals surface area contributed by atoms with Crippen molar-refractivity contribution >= 4 is 49.9 Å². The highest BCUT2D eigenvalue weighted by Crippen LogP contribution is 2.53. The van der Waals surface area contributed by atoms with Crippen molar-refractivity contribution < 1.29 is 51.6 Å². The summed E-state index contributed by atoms with van der Waals surface area (Å²) in [6, 6.07) is 0. The van der Waals surface area contributed by atoms with Gasteiger partial charge in [0.1, 0.15) is 36.7 Å². The fourth-order valence-corrected chi connectivity index (χ4v) is 7.27. The minimum absolute atomic E-state index is 0.0424. The van der Waals surface area contributed by atoms with Crippen LogP contribution in [-0.4, -0.2) is 97.7 Å². The Morgan fingerprint density at radius 1 is 0.822 bits per heavy atom. The molecule has 9 atom stereocenters. The number of imidazole rings is 2. The molecule has 45 heavy (non-hydrogen) atoms. The molecular formula is C20H24N10O13P2. The SMILES string of the molecule is Nc1nc2c(ncn2[C@@H]2O[C@H]3COP(=O)(O)O[C@@H]4C[C@H](n5cnc6c(=O)[nH]c(N)nc65)O[C@H]4COP(=O)(O)O[C@@H]3C2O)c(=O)[nH]1. The second-order valence-electron chi connectivity index (χ2n) is 10.2. The molecule has 0 bridgehead atoms. The number of nitrogens with zero attached hydrogens (tertiary/aromatic N) is 6. The van der Waals surface area contributed by atoms with Crippen LogP contribution in [0.15, 0.2) is 22.2 Å². The maximum Gasteiger partial charge on any atom is 0.472 e. The molecule has 0 aromatic carbocycles. The highest BCUT2D eigenvalue weighted by atomic mass is 31.2. The van der Waals surface area contributed by atoms with Crippen molar-refractivity contribution in [3.05, 3.63) is 33.4 Å². The zero-order valence-corrected chi connectivity index (χ0v) is 24.3. The first-order chi connectivity index (χ1) is 21.3. The minimum Gasteiger partial charge on any atom is -0.386 e. The first-order valence-electron chi connectivity index (χ1n) is 13.0. The number of nitrogens with two attached hydrogens (primary N) is 2. The van der Waals surface area contributed by atoms with Gasteiger partial charge in [0.15, 0.2) is 28.6 Å². The van der Waals surface area contributed by atoms with Gasteiger partial charge in [-0.3, -0.25) is 46.8 Å². The van der Waals surface area contributed by atoms with Gasteiger partial charge < -0.3 is 35.8 Å². The highest BCUT2D eigenvalue weighted by molar-refractivity contribution is 7.47. The third-order valence-electron chi connectivity index (χ3n) is 7.30. The number of nitrogen functional groups attached to an aromatic ring is 2. The van der Waals surface area contributed by atoms with Gasteiger partial charge >= 0.3 is 15.6 Å². The van der Waals surface area contributed by atoms with Gasteiger partial charge in [-0.15, -0.1) is 0 Å². The van der Waals surface area contributed by atoms with Gasteiger partial charge in [0.05, 0.1) is 25.9 Å². The first-order valence-corrected chi connectivity index (χ1v) is 16.0. The third kappa shape index (κ3) is 5.47. The van der Waals surface area contributed by atoms with Crippen LogP contribution in [0, 0.1) is 0 Å². The molecule has 0 radical (unpaired) electrons. The Kier molecular flexibility index (Phi) is 7.18. The van der Waals surface area contributed by atoms with E-state index in [4.69, 9.17) is 39.0 Å². The summed E-state index contributed by atoms with van der Waals surface area (Å²) in [5.41, 5.74) is 9.75. The minimum atomic E-state index is -5.00. The molecule has 3 aliphatic heterocycles. The maximum absolute atomic E-state index is 13.1. The number of hydrogen-bond acceptors (Lipinski definition) is 17. The van der Waals surface area contributed by atoms with Crippen LogP contribution in [0.2, 0.25) is 0 Å². The molecule has 0 spiro atoms. The number of H-pyrrole nitrogens is 2. The van der Waals surface area contributed by atoms with E-state index in [0.29, 0.717) is 0 Å². The summed E-state index contributed by atoms with van der Waals surface area (Å²) in [6.45, 7) is -1.48. The first kappa shape index (κ1) is 30.1. The van der Waals surface area contributed by atoms with Crippen LogP contribution in [0.25, 0.3) is 22.3 Å². The van der Waals surface area contributed by atoms with Crippen molar-refractivity contribution in [2.24, 2.45) is 0 Å². The molecular weight excluding hydrogens is 650 g/mol. The summed E-state index contributed by atoms with van der Waals surface area (Å²) in [5.74, 6) is -0.456. The number of phosphoric acid groups is 2. The standard InChI is InChI=1S/C20H24N10O13P2/c21-19-25-14-10(16(32)27-19)23-4-29(14)9-1-6-7(40-9)2-38-45(36,37)43-13-8(3-39-44(34,35)42-6)41-18(12(13)31)30-5-24-11-15(30)26-20(22)28-17(11)33/h4-9,12-13,18,31H,1-3H2,(H,34,35)(H,36,37)(H3,21,25,27,32)(H3,22,26,28,33)/t6-,7+,8+,9-,12?,13+,18-/m1/s1. The molecule has 0 amide bonds. The molecule has 242 valence electrons. The Morgan fingerprint density at radius 3 is 2.02 bits per heavy atom. The Balaban J connectivity index is 1.16. The van der Waals surface area contributed by atoms with Gasteiger partial charge in [0.25, 0.3) is 11.1 Å². The molecule has 9 N–H and O–H groups in total. The number of aromatic nitrogens is 8.